The van der Waals surface area contributed by atoms with Gasteiger partial charge in [-0.3, -0.25) is 0 Å². The summed E-state index contributed by atoms with van der Waals surface area (Å²) >= 11 is 3.59. The van der Waals surface area contributed by atoms with E-state index in [0.29, 0.717) is 0 Å². The molecule has 0 aliphatic rings. The highest BCUT2D eigenvalue weighted by atomic mass is 79.9. The summed E-state index contributed by atoms with van der Waals surface area (Å²) in [5, 5.41) is 0. The summed E-state index contributed by atoms with van der Waals surface area (Å²) in [6.07, 6.45) is 4.56. The van der Waals surface area contributed by atoms with Gasteiger partial charge in [0.25, 0.3) is 0 Å². The topological polar surface area (TPSA) is 35.2 Å². The van der Waals surface area contributed by atoms with Crippen LogP contribution in [0.1, 0.15) is 25.7 Å². The molecule has 0 saturated heterocycles. The van der Waals surface area contributed by atoms with Crippen molar-refractivity contribution in [3.8, 4) is 16.9 Å². The summed E-state index contributed by atoms with van der Waals surface area (Å²) < 4.78 is 6.94. The van der Waals surface area contributed by atoms with Crippen LogP contribution in [0.25, 0.3) is 11.1 Å². The number of nitrogens with two attached hydrogens (primary N) is 1. The van der Waals surface area contributed by atoms with Crippen molar-refractivity contribution in [3.63, 3.8) is 0 Å². The van der Waals surface area contributed by atoms with Gasteiger partial charge in [-0.15, -0.1) is 0 Å². The van der Waals surface area contributed by atoms with E-state index in [9.17, 15) is 0 Å². The molecule has 0 aliphatic carbocycles. The molecule has 0 unspecified atom stereocenters. The second-order valence-corrected chi connectivity index (χ2v) is 5.91. The Morgan fingerprint density at radius 3 is 2.52 bits per heavy atom. The molecule has 0 bridgehead atoms. The van der Waals surface area contributed by atoms with Gasteiger partial charge in [0.15, 0.2) is 0 Å². The molecule has 0 saturated carbocycles. The van der Waals surface area contributed by atoms with E-state index in [2.05, 4.69) is 40.2 Å². The monoisotopic (exact) mass is 347 g/mol. The first-order valence-corrected chi connectivity index (χ1v) is 8.28. The van der Waals surface area contributed by atoms with E-state index >= 15 is 0 Å². The SMILES string of the molecule is NCCCCCCOc1cccc(-c2ccccc2Br)c1. The molecule has 0 radical (unpaired) electrons. The fourth-order valence-corrected chi connectivity index (χ4v) is 2.75. The van der Waals surface area contributed by atoms with Crippen LogP contribution < -0.4 is 10.5 Å². The van der Waals surface area contributed by atoms with E-state index < -0.39 is 0 Å². The Morgan fingerprint density at radius 2 is 1.71 bits per heavy atom. The Hall–Kier alpha value is -1.32. The van der Waals surface area contributed by atoms with Crippen molar-refractivity contribution >= 4 is 15.9 Å². The van der Waals surface area contributed by atoms with Crippen LogP contribution in [0.4, 0.5) is 0 Å². The van der Waals surface area contributed by atoms with Crippen LogP contribution in [0, 0.1) is 0 Å². The Morgan fingerprint density at radius 1 is 0.905 bits per heavy atom. The molecule has 2 aromatic carbocycles. The van der Waals surface area contributed by atoms with Crippen LogP contribution in [-0.4, -0.2) is 13.2 Å². The zero-order chi connectivity index (χ0) is 14.9. The number of halogens is 1. The average molecular weight is 348 g/mol. The molecule has 112 valence electrons. The molecule has 0 spiro atoms. The van der Waals surface area contributed by atoms with Crippen molar-refractivity contribution in [2.75, 3.05) is 13.2 Å². The number of unbranched alkanes of at least 4 members (excludes halogenated alkanes) is 3. The quantitative estimate of drug-likeness (QED) is 0.680. The van der Waals surface area contributed by atoms with Gasteiger partial charge in [0, 0.05) is 4.47 Å². The van der Waals surface area contributed by atoms with Crippen LogP contribution in [0.2, 0.25) is 0 Å². The van der Waals surface area contributed by atoms with Gasteiger partial charge in [0.1, 0.15) is 5.75 Å². The molecule has 2 N–H and O–H groups in total. The molecule has 2 nitrogen and oxygen atoms in total. The highest BCUT2D eigenvalue weighted by molar-refractivity contribution is 9.10. The second-order valence-electron chi connectivity index (χ2n) is 5.06. The summed E-state index contributed by atoms with van der Waals surface area (Å²) in [7, 11) is 0. The van der Waals surface area contributed by atoms with Crippen molar-refractivity contribution in [3.05, 3.63) is 53.0 Å². The van der Waals surface area contributed by atoms with Crippen molar-refractivity contribution in [2.45, 2.75) is 25.7 Å². The van der Waals surface area contributed by atoms with Gasteiger partial charge < -0.3 is 10.5 Å². The minimum absolute atomic E-state index is 0.768. The maximum atomic E-state index is 5.84. The zero-order valence-electron chi connectivity index (χ0n) is 12.2. The van der Waals surface area contributed by atoms with Crippen LogP contribution in [0.15, 0.2) is 53.0 Å². The number of benzene rings is 2. The number of hydrogen-bond donors (Lipinski definition) is 1. The molecule has 0 amide bonds. The smallest absolute Gasteiger partial charge is 0.119 e. The van der Waals surface area contributed by atoms with Crippen molar-refractivity contribution < 1.29 is 4.74 Å². The Labute approximate surface area is 135 Å². The third-order valence-corrected chi connectivity index (χ3v) is 4.08. The van der Waals surface area contributed by atoms with E-state index in [4.69, 9.17) is 10.5 Å². The van der Waals surface area contributed by atoms with E-state index in [-0.39, 0.29) is 0 Å². The molecule has 2 aromatic rings. The van der Waals surface area contributed by atoms with Crippen LogP contribution in [0.5, 0.6) is 5.75 Å². The summed E-state index contributed by atoms with van der Waals surface area (Å²) in [5.74, 6) is 0.932. The summed E-state index contributed by atoms with van der Waals surface area (Å²) in [6, 6.07) is 16.5. The second kappa shape index (κ2) is 8.85. The lowest BCUT2D eigenvalue weighted by Gasteiger charge is -2.09. The maximum Gasteiger partial charge on any atom is 0.119 e. The average Bonchev–Trinajstić information content (AvgIpc) is 2.51. The Kier molecular flexibility index (Phi) is 6.77. The van der Waals surface area contributed by atoms with Gasteiger partial charge in [-0.05, 0) is 48.7 Å². The molecule has 0 atom stereocenters. The summed E-state index contributed by atoms with van der Waals surface area (Å²) in [4.78, 5) is 0. The summed E-state index contributed by atoms with van der Waals surface area (Å²) in [5.41, 5.74) is 7.84. The molecule has 0 heterocycles. The largest absolute Gasteiger partial charge is 0.494 e. The molecule has 21 heavy (non-hydrogen) atoms. The lowest BCUT2D eigenvalue weighted by atomic mass is 10.1. The number of rotatable bonds is 8. The fourth-order valence-electron chi connectivity index (χ4n) is 2.24. The lowest BCUT2D eigenvalue weighted by molar-refractivity contribution is 0.305. The maximum absolute atomic E-state index is 5.84. The van der Waals surface area contributed by atoms with Gasteiger partial charge in [-0.2, -0.15) is 0 Å². The van der Waals surface area contributed by atoms with Gasteiger partial charge in [0.05, 0.1) is 6.61 Å². The third-order valence-electron chi connectivity index (χ3n) is 3.39. The highest BCUT2D eigenvalue weighted by Crippen LogP contribution is 2.30. The van der Waals surface area contributed by atoms with Gasteiger partial charge in [-0.25, -0.2) is 0 Å². The summed E-state index contributed by atoms with van der Waals surface area (Å²) in [6.45, 7) is 1.55. The predicted octanol–water partition coefficient (Wildman–Crippen LogP) is 5.01. The molecule has 2 rings (SSSR count). The van der Waals surface area contributed by atoms with Crippen LogP contribution in [-0.2, 0) is 0 Å². The third kappa shape index (κ3) is 5.18. The molecule has 0 fully saturated rings. The predicted molar refractivity (Wildman–Crippen MR) is 92.6 cm³/mol. The zero-order valence-corrected chi connectivity index (χ0v) is 13.8. The van der Waals surface area contributed by atoms with E-state index in [1.807, 2.05) is 24.3 Å². The minimum atomic E-state index is 0.768. The lowest BCUT2D eigenvalue weighted by Crippen LogP contribution is -2.00. The molecular weight excluding hydrogens is 326 g/mol. The Bertz CT molecular complexity index is 556. The molecular formula is C18H22BrNO. The first-order valence-electron chi connectivity index (χ1n) is 7.49. The van der Waals surface area contributed by atoms with Crippen molar-refractivity contribution in [1.29, 1.82) is 0 Å². The van der Waals surface area contributed by atoms with E-state index in [1.54, 1.807) is 0 Å². The van der Waals surface area contributed by atoms with Gasteiger partial charge in [-0.1, -0.05) is 59.1 Å². The number of hydrogen-bond acceptors (Lipinski definition) is 2. The normalized spacial score (nSPS) is 10.6. The minimum Gasteiger partial charge on any atom is -0.494 e. The van der Waals surface area contributed by atoms with E-state index in [0.717, 1.165) is 36.2 Å². The van der Waals surface area contributed by atoms with Crippen LogP contribution >= 0.6 is 15.9 Å². The Balaban J connectivity index is 1.91. The van der Waals surface area contributed by atoms with Gasteiger partial charge >= 0.3 is 0 Å². The first kappa shape index (κ1) is 16.1. The van der Waals surface area contributed by atoms with E-state index in [1.165, 1.54) is 24.0 Å². The fraction of sp³-hybridized carbons (Fsp3) is 0.333. The number of ether oxygens (including phenoxy) is 1. The molecule has 0 aliphatic heterocycles. The molecule has 3 heteroatoms. The van der Waals surface area contributed by atoms with Crippen LogP contribution in [0.3, 0.4) is 0 Å². The highest BCUT2D eigenvalue weighted by Gasteiger charge is 2.03. The van der Waals surface area contributed by atoms with Crippen molar-refractivity contribution in [1.82, 2.24) is 0 Å². The molecule has 0 aromatic heterocycles. The first-order chi connectivity index (χ1) is 10.3. The van der Waals surface area contributed by atoms with Crippen molar-refractivity contribution in [2.24, 2.45) is 5.73 Å². The van der Waals surface area contributed by atoms with Gasteiger partial charge in [0.2, 0.25) is 0 Å². The standard InChI is InChI=1S/C18H22BrNO/c19-18-11-4-3-10-17(18)15-8-7-9-16(14-15)21-13-6-2-1-5-12-20/h3-4,7-11,14H,1-2,5-6,12-13,20H2.